The molecule has 0 aliphatic carbocycles. The third-order valence-corrected chi connectivity index (χ3v) is 4.84. The maximum Gasteiger partial charge on any atom is 0.226 e. The van der Waals surface area contributed by atoms with Crippen LogP contribution in [-0.2, 0) is 17.6 Å². The van der Waals surface area contributed by atoms with Gasteiger partial charge in [0.1, 0.15) is 5.52 Å². The smallest absolute Gasteiger partial charge is 0.226 e. The lowest BCUT2D eigenvalue weighted by Gasteiger charge is -1.99. The SMILES string of the molecule is O=C(CCc1nc2ccccc2o1)Nc1ncc(Cc2ccccc2)s1. The Morgan fingerprint density at radius 1 is 1.08 bits per heavy atom. The summed E-state index contributed by atoms with van der Waals surface area (Å²) in [6.07, 6.45) is 3.40. The molecule has 2 aromatic heterocycles. The quantitative estimate of drug-likeness (QED) is 0.550. The zero-order valence-corrected chi connectivity index (χ0v) is 14.8. The van der Waals surface area contributed by atoms with Crippen LogP contribution in [0.1, 0.15) is 22.8 Å². The van der Waals surface area contributed by atoms with Crippen molar-refractivity contribution in [1.82, 2.24) is 9.97 Å². The maximum atomic E-state index is 12.2. The molecular formula is C20H17N3O2S. The van der Waals surface area contributed by atoms with Crippen molar-refractivity contribution in [2.45, 2.75) is 19.3 Å². The Bertz CT molecular complexity index is 991. The molecule has 6 heteroatoms. The van der Waals surface area contributed by atoms with E-state index in [1.807, 2.05) is 48.7 Å². The standard InChI is InChI=1S/C20H17N3O2S/c24-18(10-11-19-22-16-8-4-5-9-17(16)25-19)23-20-21-13-15(26-20)12-14-6-2-1-3-7-14/h1-9,13H,10-12H2,(H,21,23,24). The molecule has 0 bridgehead atoms. The molecule has 0 saturated carbocycles. The zero-order chi connectivity index (χ0) is 17.8. The van der Waals surface area contributed by atoms with Gasteiger partial charge in [0.2, 0.25) is 5.91 Å². The zero-order valence-electron chi connectivity index (χ0n) is 14.0. The Hall–Kier alpha value is -2.99. The minimum absolute atomic E-state index is 0.0899. The summed E-state index contributed by atoms with van der Waals surface area (Å²) in [5.74, 6) is 0.484. The number of carbonyl (C=O) groups excluding carboxylic acids is 1. The second kappa shape index (κ2) is 7.49. The number of amides is 1. The van der Waals surface area contributed by atoms with E-state index in [0.29, 0.717) is 23.9 Å². The summed E-state index contributed by atoms with van der Waals surface area (Å²) in [5, 5.41) is 3.47. The van der Waals surface area contributed by atoms with Gasteiger partial charge in [0.05, 0.1) is 0 Å². The Kier molecular flexibility index (Phi) is 4.75. The van der Waals surface area contributed by atoms with Crippen LogP contribution in [0.15, 0.2) is 65.2 Å². The van der Waals surface area contributed by atoms with Crippen LogP contribution in [0, 0.1) is 0 Å². The summed E-state index contributed by atoms with van der Waals surface area (Å²) in [6.45, 7) is 0. The molecule has 0 aliphatic heterocycles. The summed E-state index contributed by atoms with van der Waals surface area (Å²) >= 11 is 1.50. The fourth-order valence-corrected chi connectivity index (χ4v) is 3.54. The lowest BCUT2D eigenvalue weighted by Crippen LogP contribution is -2.12. The first-order valence-corrected chi connectivity index (χ1v) is 9.21. The number of aromatic nitrogens is 2. The van der Waals surface area contributed by atoms with Crippen LogP contribution in [0.5, 0.6) is 0 Å². The Labute approximate surface area is 154 Å². The number of carbonyl (C=O) groups is 1. The molecule has 0 radical (unpaired) electrons. The maximum absolute atomic E-state index is 12.2. The van der Waals surface area contributed by atoms with Crippen LogP contribution in [-0.4, -0.2) is 15.9 Å². The Balaban J connectivity index is 1.32. The fraction of sp³-hybridized carbons (Fsp3) is 0.150. The molecule has 2 heterocycles. The van der Waals surface area contributed by atoms with Gasteiger partial charge in [-0.1, -0.05) is 42.5 Å². The normalized spacial score (nSPS) is 10.9. The van der Waals surface area contributed by atoms with Crippen LogP contribution in [0.3, 0.4) is 0 Å². The number of hydrogen-bond donors (Lipinski definition) is 1. The highest BCUT2D eigenvalue weighted by Crippen LogP contribution is 2.21. The van der Waals surface area contributed by atoms with Gasteiger partial charge in [0, 0.05) is 30.3 Å². The first-order chi connectivity index (χ1) is 12.8. The number of para-hydroxylation sites is 2. The highest BCUT2D eigenvalue weighted by atomic mass is 32.1. The van der Waals surface area contributed by atoms with Crippen molar-refractivity contribution in [2.75, 3.05) is 5.32 Å². The van der Waals surface area contributed by atoms with E-state index in [1.54, 1.807) is 0 Å². The molecule has 1 N–H and O–H groups in total. The van der Waals surface area contributed by atoms with Gasteiger partial charge >= 0.3 is 0 Å². The fourth-order valence-electron chi connectivity index (χ4n) is 2.67. The Morgan fingerprint density at radius 3 is 2.73 bits per heavy atom. The topological polar surface area (TPSA) is 68.0 Å². The second-order valence-electron chi connectivity index (χ2n) is 5.92. The van der Waals surface area contributed by atoms with Gasteiger partial charge in [0.15, 0.2) is 16.6 Å². The number of aryl methyl sites for hydroxylation is 1. The van der Waals surface area contributed by atoms with Crippen molar-refractivity contribution in [3.8, 4) is 0 Å². The third kappa shape index (κ3) is 3.97. The molecule has 5 nitrogen and oxygen atoms in total. The molecule has 0 unspecified atom stereocenters. The predicted molar refractivity (Wildman–Crippen MR) is 102 cm³/mol. The van der Waals surface area contributed by atoms with Crippen molar-refractivity contribution in [2.24, 2.45) is 0 Å². The van der Waals surface area contributed by atoms with E-state index in [2.05, 4.69) is 27.4 Å². The van der Waals surface area contributed by atoms with Crippen molar-refractivity contribution >= 4 is 33.5 Å². The highest BCUT2D eigenvalue weighted by molar-refractivity contribution is 7.15. The Morgan fingerprint density at radius 2 is 1.88 bits per heavy atom. The van der Waals surface area contributed by atoms with E-state index in [9.17, 15) is 4.79 Å². The number of hydrogen-bond acceptors (Lipinski definition) is 5. The van der Waals surface area contributed by atoms with Crippen molar-refractivity contribution in [1.29, 1.82) is 0 Å². The predicted octanol–water partition coefficient (Wildman–Crippen LogP) is 4.45. The molecule has 130 valence electrons. The third-order valence-electron chi connectivity index (χ3n) is 3.93. The van der Waals surface area contributed by atoms with Gasteiger partial charge in [-0.15, -0.1) is 11.3 Å². The average molecular weight is 363 g/mol. The summed E-state index contributed by atoms with van der Waals surface area (Å²) < 4.78 is 5.64. The number of oxazole rings is 1. The van der Waals surface area contributed by atoms with E-state index in [0.717, 1.165) is 22.4 Å². The van der Waals surface area contributed by atoms with Crippen molar-refractivity contribution in [3.63, 3.8) is 0 Å². The number of anilines is 1. The molecular weight excluding hydrogens is 346 g/mol. The van der Waals surface area contributed by atoms with Crippen LogP contribution in [0.4, 0.5) is 5.13 Å². The molecule has 0 aliphatic rings. The van der Waals surface area contributed by atoms with E-state index < -0.39 is 0 Å². The summed E-state index contributed by atoms with van der Waals surface area (Å²) in [6, 6.07) is 17.8. The molecule has 4 aromatic rings. The second-order valence-corrected chi connectivity index (χ2v) is 7.03. The number of nitrogens with one attached hydrogen (secondary N) is 1. The van der Waals surface area contributed by atoms with Gasteiger partial charge in [-0.2, -0.15) is 0 Å². The van der Waals surface area contributed by atoms with Crippen molar-refractivity contribution in [3.05, 3.63) is 77.1 Å². The van der Waals surface area contributed by atoms with Crippen LogP contribution >= 0.6 is 11.3 Å². The lowest BCUT2D eigenvalue weighted by atomic mass is 10.1. The van der Waals surface area contributed by atoms with Gasteiger partial charge < -0.3 is 9.73 Å². The van der Waals surface area contributed by atoms with E-state index in [-0.39, 0.29) is 5.91 Å². The number of fused-ring (bicyclic) bond motifs is 1. The number of thiazole rings is 1. The van der Waals surface area contributed by atoms with Gasteiger partial charge in [-0.05, 0) is 17.7 Å². The van der Waals surface area contributed by atoms with E-state index in [4.69, 9.17) is 4.42 Å². The van der Waals surface area contributed by atoms with Crippen LogP contribution < -0.4 is 5.32 Å². The molecule has 0 atom stereocenters. The summed E-state index contributed by atoms with van der Waals surface area (Å²) in [7, 11) is 0. The monoisotopic (exact) mass is 363 g/mol. The first kappa shape index (κ1) is 16.5. The highest BCUT2D eigenvalue weighted by Gasteiger charge is 2.10. The molecule has 0 spiro atoms. The van der Waals surface area contributed by atoms with Crippen LogP contribution in [0.25, 0.3) is 11.1 Å². The summed E-state index contributed by atoms with van der Waals surface area (Å²) in [4.78, 5) is 21.9. The minimum atomic E-state index is -0.0899. The largest absolute Gasteiger partial charge is 0.441 e. The van der Waals surface area contributed by atoms with Gasteiger partial charge in [-0.3, -0.25) is 4.79 Å². The molecule has 4 rings (SSSR count). The number of nitrogens with zero attached hydrogens (tertiary/aromatic N) is 2. The lowest BCUT2D eigenvalue weighted by molar-refractivity contribution is -0.116. The minimum Gasteiger partial charge on any atom is -0.441 e. The average Bonchev–Trinajstić information content (AvgIpc) is 3.27. The number of rotatable bonds is 6. The summed E-state index contributed by atoms with van der Waals surface area (Å²) in [5.41, 5.74) is 2.78. The van der Waals surface area contributed by atoms with E-state index >= 15 is 0 Å². The molecule has 0 fully saturated rings. The van der Waals surface area contributed by atoms with Crippen LogP contribution in [0.2, 0.25) is 0 Å². The molecule has 26 heavy (non-hydrogen) atoms. The molecule has 0 saturated heterocycles. The van der Waals surface area contributed by atoms with Gasteiger partial charge in [-0.25, -0.2) is 9.97 Å². The molecule has 1 amide bonds. The van der Waals surface area contributed by atoms with Crippen molar-refractivity contribution < 1.29 is 9.21 Å². The molecule has 2 aromatic carbocycles. The van der Waals surface area contributed by atoms with Gasteiger partial charge in [0.25, 0.3) is 0 Å². The van der Waals surface area contributed by atoms with E-state index in [1.165, 1.54) is 16.9 Å². The first-order valence-electron chi connectivity index (χ1n) is 8.39. The number of benzene rings is 2.